The maximum atomic E-state index is 12.8. The number of carbonyl (C=O) groups excluding carboxylic acids is 1. The number of benzene rings is 2. The Balaban J connectivity index is 1.57. The Morgan fingerprint density at radius 3 is 2.68 bits per heavy atom. The summed E-state index contributed by atoms with van der Waals surface area (Å²) in [6.45, 7) is 6.16. The second-order valence-corrected chi connectivity index (χ2v) is 9.21. The van der Waals surface area contributed by atoms with Gasteiger partial charge in [-0.2, -0.15) is 0 Å². The lowest BCUT2D eigenvalue weighted by atomic mass is 9.86. The van der Waals surface area contributed by atoms with E-state index in [1.807, 2.05) is 26.0 Å². The zero-order valence-corrected chi connectivity index (χ0v) is 18.6. The molecule has 0 amide bonds. The highest BCUT2D eigenvalue weighted by Gasteiger charge is 2.36. The zero-order valence-electron chi connectivity index (χ0n) is 18.6. The van der Waals surface area contributed by atoms with Crippen LogP contribution in [0, 0.1) is 0 Å². The van der Waals surface area contributed by atoms with E-state index in [1.54, 1.807) is 31.4 Å². The Kier molecular flexibility index (Phi) is 5.56. The van der Waals surface area contributed by atoms with Crippen LogP contribution in [0.2, 0.25) is 0 Å². The maximum Gasteiger partial charge on any atom is 0.170 e. The monoisotopic (exact) mass is 422 g/mol. The van der Waals surface area contributed by atoms with Crippen molar-refractivity contribution in [2.24, 2.45) is 0 Å². The van der Waals surface area contributed by atoms with E-state index in [2.05, 4.69) is 19.1 Å². The molecular weight excluding hydrogens is 392 g/mol. The molecule has 0 fully saturated rings. The molecule has 2 aliphatic heterocycles. The molecule has 1 unspecified atom stereocenters. The number of ether oxygens (including phenoxy) is 3. The molecule has 0 aromatic heterocycles. The summed E-state index contributed by atoms with van der Waals surface area (Å²) in [5.41, 5.74) is 1.84. The number of rotatable bonds is 5. The van der Waals surface area contributed by atoms with Gasteiger partial charge in [0, 0.05) is 19.1 Å². The Bertz CT molecular complexity index is 1010. The topological polar surface area (TPSA) is 65.0 Å². The summed E-state index contributed by atoms with van der Waals surface area (Å²) < 4.78 is 18.2. The molecule has 0 saturated heterocycles. The molecular formula is C26H30O5. The summed E-state index contributed by atoms with van der Waals surface area (Å²) >= 11 is 0. The predicted molar refractivity (Wildman–Crippen MR) is 119 cm³/mol. The van der Waals surface area contributed by atoms with E-state index in [-0.39, 0.29) is 35.3 Å². The van der Waals surface area contributed by atoms with Gasteiger partial charge in [0.1, 0.15) is 29.0 Å². The lowest BCUT2D eigenvalue weighted by Gasteiger charge is -2.37. The van der Waals surface area contributed by atoms with E-state index < -0.39 is 0 Å². The van der Waals surface area contributed by atoms with Gasteiger partial charge in [-0.3, -0.25) is 4.79 Å². The average Bonchev–Trinajstić information content (AvgIpc) is 2.73. The number of hydrogen-bond donors (Lipinski definition) is 1. The molecule has 2 heterocycles. The van der Waals surface area contributed by atoms with Crippen LogP contribution in [-0.4, -0.2) is 29.2 Å². The molecule has 5 nitrogen and oxygen atoms in total. The summed E-state index contributed by atoms with van der Waals surface area (Å²) in [5, 5.41) is 9.56. The van der Waals surface area contributed by atoms with Crippen LogP contribution in [0.5, 0.6) is 17.2 Å². The van der Waals surface area contributed by atoms with Crippen LogP contribution in [0.1, 0.15) is 67.6 Å². The fourth-order valence-corrected chi connectivity index (χ4v) is 4.14. The number of aromatic hydroxyl groups is 1. The van der Waals surface area contributed by atoms with Crippen LogP contribution < -0.4 is 9.47 Å². The first-order valence-corrected chi connectivity index (χ1v) is 10.8. The van der Waals surface area contributed by atoms with Gasteiger partial charge in [-0.05, 0) is 63.4 Å². The number of fused-ring (bicyclic) bond motifs is 3. The molecule has 0 saturated carbocycles. The van der Waals surface area contributed by atoms with E-state index in [0.717, 1.165) is 36.1 Å². The molecule has 0 spiro atoms. The fourth-order valence-electron chi connectivity index (χ4n) is 4.14. The Hall–Kier alpha value is -2.79. The second kappa shape index (κ2) is 8.04. The molecule has 0 radical (unpaired) electrons. The number of methoxy groups -OCH3 is 1. The van der Waals surface area contributed by atoms with Gasteiger partial charge in [-0.1, -0.05) is 24.3 Å². The normalized spacial score (nSPS) is 23.1. The average molecular weight is 423 g/mol. The van der Waals surface area contributed by atoms with E-state index in [9.17, 15) is 9.90 Å². The molecule has 2 aromatic rings. The third-order valence-corrected chi connectivity index (χ3v) is 6.27. The minimum absolute atomic E-state index is 0.0696. The van der Waals surface area contributed by atoms with Crippen LogP contribution >= 0.6 is 0 Å². The van der Waals surface area contributed by atoms with Gasteiger partial charge in [0.25, 0.3) is 0 Å². The van der Waals surface area contributed by atoms with Crippen LogP contribution in [0.3, 0.4) is 0 Å². The lowest BCUT2D eigenvalue weighted by molar-refractivity contribution is 0.0581. The van der Waals surface area contributed by atoms with Crippen molar-refractivity contribution >= 4 is 5.78 Å². The number of phenols is 1. The molecule has 164 valence electrons. The standard InChI is InChI=1S/C26H30O5/c1-25(2,29-4)13-5-14-26(3)15-12-20-22(31-26)11-10-19-21(28)16-23(30-24(19)20)17-6-8-18(27)9-7-17/h5-11,13,23,27H,12,14-16H2,1-4H3/b13-5+/t23-,26?/m0/s1. The molecule has 2 atom stereocenters. The van der Waals surface area contributed by atoms with Gasteiger partial charge in [0.05, 0.1) is 17.6 Å². The first-order valence-electron chi connectivity index (χ1n) is 10.8. The third kappa shape index (κ3) is 4.47. The van der Waals surface area contributed by atoms with Gasteiger partial charge >= 0.3 is 0 Å². The molecule has 1 N–H and O–H groups in total. The number of phenolic OH excluding ortho intramolecular Hbond substituents is 1. The summed E-state index contributed by atoms with van der Waals surface area (Å²) in [6.07, 6.45) is 6.49. The smallest absolute Gasteiger partial charge is 0.170 e. The molecule has 2 aromatic carbocycles. The molecule has 31 heavy (non-hydrogen) atoms. The fraction of sp³-hybridized carbons (Fsp3) is 0.423. The summed E-state index contributed by atoms with van der Waals surface area (Å²) in [5.74, 6) is 1.69. The van der Waals surface area contributed by atoms with Crippen molar-refractivity contribution in [3.63, 3.8) is 0 Å². The first kappa shape index (κ1) is 21.4. The Morgan fingerprint density at radius 1 is 1.23 bits per heavy atom. The molecule has 4 rings (SSSR count). The van der Waals surface area contributed by atoms with Crippen LogP contribution in [0.15, 0.2) is 48.6 Å². The van der Waals surface area contributed by atoms with Crippen LogP contribution in [0.4, 0.5) is 0 Å². The molecule has 0 aliphatic carbocycles. The molecule has 0 bridgehead atoms. The van der Waals surface area contributed by atoms with Crippen LogP contribution in [0.25, 0.3) is 0 Å². The van der Waals surface area contributed by atoms with E-state index in [4.69, 9.17) is 14.2 Å². The minimum atomic E-state index is -0.361. The van der Waals surface area contributed by atoms with Gasteiger partial charge in [0.15, 0.2) is 5.78 Å². The first-order chi connectivity index (χ1) is 14.7. The van der Waals surface area contributed by atoms with Gasteiger partial charge in [-0.15, -0.1) is 0 Å². The van der Waals surface area contributed by atoms with E-state index in [1.165, 1.54) is 0 Å². The number of carbonyl (C=O) groups is 1. The largest absolute Gasteiger partial charge is 0.508 e. The highest BCUT2D eigenvalue weighted by atomic mass is 16.5. The Labute approximate surface area is 183 Å². The van der Waals surface area contributed by atoms with Crippen molar-refractivity contribution in [1.82, 2.24) is 0 Å². The lowest BCUT2D eigenvalue weighted by Crippen LogP contribution is -2.36. The van der Waals surface area contributed by atoms with Crippen molar-refractivity contribution < 1.29 is 24.1 Å². The van der Waals surface area contributed by atoms with E-state index >= 15 is 0 Å². The van der Waals surface area contributed by atoms with Crippen molar-refractivity contribution in [2.75, 3.05) is 7.11 Å². The Morgan fingerprint density at radius 2 is 1.97 bits per heavy atom. The maximum absolute atomic E-state index is 12.8. The van der Waals surface area contributed by atoms with Crippen molar-refractivity contribution in [2.45, 2.75) is 63.8 Å². The van der Waals surface area contributed by atoms with Gasteiger partial charge < -0.3 is 19.3 Å². The quantitative estimate of drug-likeness (QED) is 0.640. The highest BCUT2D eigenvalue weighted by molar-refractivity contribution is 6.00. The number of Topliss-reactive ketones (excluding diaryl/α,β-unsaturated/α-hetero) is 1. The summed E-state index contributed by atoms with van der Waals surface area (Å²) in [7, 11) is 1.70. The zero-order chi connectivity index (χ0) is 22.2. The minimum Gasteiger partial charge on any atom is -0.508 e. The van der Waals surface area contributed by atoms with Gasteiger partial charge in [0.2, 0.25) is 0 Å². The number of hydrogen-bond acceptors (Lipinski definition) is 5. The predicted octanol–water partition coefficient (Wildman–Crippen LogP) is 5.55. The summed E-state index contributed by atoms with van der Waals surface area (Å²) in [6, 6.07) is 10.6. The molecule has 5 heteroatoms. The van der Waals surface area contributed by atoms with Crippen LogP contribution in [-0.2, 0) is 11.2 Å². The SMILES string of the molecule is COC(C)(C)/C=C/CC1(C)CCc2c(ccc3c2O[C@H](c2ccc(O)cc2)CC3=O)O1. The van der Waals surface area contributed by atoms with Crippen molar-refractivity contribution in [3.8, 4) is 17.2 Å². The molecule has 2 aliphatic rings. The third-order valence-electron chi connectivity index (χ3n) is 6.27. The van der Waals surface area contributed by atoms with Gasteiger partial charge in [-0.25, -0.2) is 0 Å². The van der Waals surface area contributed by atoms with E-state index in [0.29, 0.717) is 11.3 Å². The summed E-state index contributed by atoms with van der Waals surface area (Å²) in [4.78, 5) is 12.8. The van der Waals surface area contributed by atoms with Crippen molar-refractivity contribution in [3.05, 3.63) is 65.2 Å². The second-order valence-electron chi connectivity index (χ2n) is 9.21. The van der Waals surface area contributed by atoms with Crippen molar-refractivity contribution in [1.29, 1.82) is 0 Å². The number of ketones is 1. The highest BCUT2D eigenvalue weighted by Crippen LogP contribution is 2.46.